The van der Waals surface area contributed by atoms with Gasteiger partial charge in [-0.3, -0.25) is 0 Å². The molecule has 0 aliphatic carbocycles. The van der Waals surface area contributed by atoms with Gasteiger partial charge < -0.3 is 10.1 Å². The van der Waals surface area contributed by atoms with E-state index in [1.165, 1.54) is 5.56 Å². The minimum Gasteiger partial charge on any atom is -0.493 e. The summed E-state index contributed by atoms with van der Waals surface area (Å²) in [4.78, 5) is 0. The molecular formula is C14H14BrN3O. The zero-order valence-electron chi connectivity index (χ0n) is 10.6. The first-order chi connectivity index (χ1) is 9.22. The van der Waals surface area contributed by atoms with Crippen molar-refractivity contribution >= 4 is 21.7 Å². The van der Waals surface area contributed by atoms with Gasteiger partial charge >= 0.3 is 0 Å². The average molecular weight is 320 g/mol. The van der Waals surface area contributed by atoms with Crippen LogP contribution in [0.5, 0.6) is 5.75 Å². The number of nitrogens with one attached hydrogen (secondary N) is 1. The van der Waals surface area contributed by atoms with Gasteiger partial charge in [-0.2, -0.15) is 5.10 Å². The Bertz CT molecular complexity index is 598. The number of nitrogens with zero attached hydrogens (tertiary/aromatic N) is 2. The van der Waals surface area contributed by atoms with Gasteiger partial charge in [-0.1, -0.05) is 15.9 Å². The molecule has 19 heavy (non-hydrogen) atoms. The lowest BCUT2D eigenvalue weighted by Crippen LogP contribution is -2.04. The summed E-state index contributed by atoms with van der Waals surface area (Å²) in [5.41, 5.74) is 3.32. The maximum atomic E-state index is 5.70. The number of rotatable bonds is 3. The van der Waals surface area contributed by atoms with E-state index in [4.69, 9.17) is 4.74 Å². The Hall–Kier alpha value is -1.62. The molecule has 1 aliphatic rings. The lowest BCUT2D eigenvalue weighted by Gasteiger charge is -2.10. The maximum absolute atomic E-state index is 5.70. The number of hydrogen-bond donors (Lipinski definition) is 1. The first kappa shape index (κ1) is 12.4. The number of anilines is 1. The number of ether oxygens (including phenoxy) is 1. The van der Waals surface area contributed by atoms with Gasteiger partial charge in [-0.15, -0.1) is 5.10 Å². The van der Waals surface area contributed by atoms with Crippen LogP contribution in [-0.2, 0) is 13.0 Å². The normalized spacial score (nSPS) is 12.9. The second-order valence-corrected chi connectivity index (χ2v) is 5.48. The Morgan fingerprint density at radius 3 is 3.00 bits per heavy atom. The molecule has 0 atom stereocenters. The van der Waals surface area contributed by atoms with E-state index in [0.717, 1.165) is 40.3 Å². The largest absolute Gasteiger partial charge is 0.493 e. The predicted octanol–water partition coefficient (Wildman–Crippen LogP) is 3.09. The molecule has 1 aromatic carbocycles. The van der Waals surface area contributed by atoms with E-state index >= 15 is 0 Å². The third kappa shape index (κ3) is 2.71. The fourth-order valence-electron chi connectivity index (χ4n) is 2.16. The average Bonchev–Trinajstić information content (AvgIpc) is 2.85. The van der Waals surface area contributed by atoms with Crippen molar-refractivity contribution in [2.45, 2.75) is 19.9 Å². The molecule has 98 valence electrons. The molecule has 0 unspecified atom stereocenters. The van der Waals surface area contributed by atoms with E-state index in [9.17, 15) is 0 Å². The summed E-state index contributed by atoms with van der Waals surface area (Å²) in [6.45, 7) is 3.37. The van der Waals surface area contributed by atoms with Gasteiger partial charge in [0.15, 0.2) is 0 Å². The minimum atomic E-state index is 0.680. The molecule has 2 heterocycles. The summed E-state index contributed by atoms with van der Waals surface area (Å²) < 4.78 is 6.78. The van der Waals surface area contributed by atoms with Crippen LogP contribution in [-0.4, -0.2) is 16.8 Å². The molecule has 2 aromatic rings. The van der Waals surface area contributed by atoms with E-state index in [0.29, 0.717) is 6.54 Å². The summed E-state index contributed by atoms with van der Waals surface area (Å²) in [6.07, 6.45) is 0.978. The van der Waals surface area contributed by atoms with E-state index in [1.54, 1.807) is 0 Å². The van der Waals surface area contributed by atoms with Crippen molar-refractivity contribution in [3.8, 4) is 5.75 Å². The summed E-state index contributed by atoms with van der Waals surface area (Å²) in [5.74, 6) is 1.79. The second kappa shape index (κ2) is 5.17. The molecule has 0 saturated carbocycles. The van der Waals surface area contributed by atoms with Crippen molar-refractivity contribution in [1.82, 2.24) is 10.2 Å². The first-order valence-electron chi connectivity index (χ1n) is 6.21. The minimum absolute atomic E-state index is 0.680. The lowest BCUT2D eigenvalue weighted by atomic mass is 10.1. The molecule has 1 N–H and O–H groups in total. The van der Waals surface area contributed by atoms with E-state index in [1.807, 2.05) is 19.1 Å². The number of aryl methyl sites for hydroxylation is 1. The highest BCUT2D eigenvalue weighted by atomic mass is 79.9. The number of benzene rings is 1. The van der Waals surface area contributed by atoms with Crippen LogP contribution < -0.4 is 10.1 Å². The molecule has 0 radical (unpaired) electrons. The highest BCUT2D eigenvalue weighted by Crippen LogP contribution is 2.33. The molecular weight excluding hydrogens is 306 g/mol. The van der Waals surface area contributed by atoms with Crippen molar-refractivity contribution in [2.24, 2.45) is 0 Å². The van der Waals surface area contributed by atoms with Crippen molar-refractivity contribution in [2.75, 3.05) is 11.9 Å². The Kier molecular flexibility index (Phi) is 3.38. The Morgan fingerprint density at radius 1 is 1.32 bits per heavy atom. The molecule has 0 amide bonds. The molecule has 0 fully saturated rings. The van der Waals surface area contributed by atoms with E-state index in [2.05, 4.69) is 43.6 Å². The summed E-state index contributed by atoms with van der Waals surface area (Å²) in [6, 6.07) is 8.08. The zero-order valence-corrected chi connectivity index (χ0v) is 12.2. The van der Waals surface area contributed by atoms with Crippen molar-refractivity contribution in [3.05, 3.63) is 45.6 Å². The third-order valence-corrected chi connectivity index (χ3v) is 3.54. The topological polar surface area (TPSA) is 47.0 Å². The van der Waals surface area contributed by atoms with Crippen LogP contribution in [0.1, 0.15) is 16.8 Å². The molecule has 0 spiro atoms. The Labute approximate surface area is 120 Å². The molecule has 3 rings (SSSR count). The number of fused-ring (bicyclic) bond motifs is 1. The van der Waals surface area contributed by atoms with Gasteiger partial charge in [0.25, 0.3) is 0 Å². The fourth-order valence-corrected chi connectivity index (χ4v) is 2.71. The number of halogens is 1. The van der Waals surface area contributed by atoms with Crippen LogP contribution in [0, 0.1) is 6.92 Å². The van der Waals surface area contributed by atoms with Gasteiger partial charge in [0, 0.05) is 23.0 Å². The smallest absolute Gasteiger partial charge is 0.148 e. The zero-order chi connectivity index (χ0) is 13.2. The van der Waals surface area contributed by atoms with Crippen molar-refractivity contribution in [1.29, 1.82) is 0 Å². The van der Waals surface area contributed by atoms with Crippen LogP contribution in [0.2, 0.25) is 0 Å². The summed E-state index contributed by atoms with van der Waals surface area (Å²) in [5, 5.41) is 11.4. The van der Waals surface area contributed by atoms with Gasteiger partial charge in [-0.25, -0.2) is 0 Å². The molecule has 0 bridgehead atoms. The van der Waals surface area contributed by atoms with Crippen LogP contribution in [0.3, 0.4) is 0 Å². The number of hydrogen-bond acceptors (Lipinski definition) is 4. The summed E-state index contributed by atoms with van der Waals surface area (Å²) in [7, 11) is 0. The highest BCUT2D eigenvalue weighted by Gasteiger charge is 2.17. The SMILES string of the molecule is Cc1ccc(NCc2cc(Br)cc3c2OCC3)nn1. The van der Waals surface area contributed by atoms with Gasteiger partial charge in [0.2, 0.25) is 0 Å². The van der Waals surface area contributed by atoms with Crippen molar-refractivity contribution in [3.63, 3.8) is 0 Å². The van der Waals surface area contributed by atoms with Crippen LogP contribution in [0.4, 0.5) is 5.82 Å². The predicted molar refractivity (Wildman–Crippen MR) is 77.4 cm³/mol. The quantitative estimate of drug-likeness (QED) is 0.944. The lowest BCUT2D eigenvalue weighted by molar-refractivity contribution is 0.354. The molecule has 0 saturated heterocycles. The molecule has 4 nitrogen and oxygen atoms in total. The van der Waals surface area contributed by atoms with E-state index < -0.39 is 0 Å². The molecule has 1 aromatic heterocycles. The van der Waals surface area contributed by atoms with Gasteiger partial charge in [0.1, 0.15) is 11.6 Å². The monoisotopic (exact) mass is 319 g/mol. The standard InChI is InChI=1S/C14H14BrN3O/c1-9-2-3-13(18-17-9)16-8-11-7-12(15)6-10-4-5-19-14(10)11/h2-3,6-7H,4-5,8H2,1H3,(H,16,18). The Balaban J connectivity index is 1.78. The first-order valence-corrected chi connectivity index (χ1v) is 7.00. The summed E-state index contributed by atoms with van der Waals surface area (Å²) >= 11 is 3.54. The molecule has 5 heteroatoms. The van der Waals surface area contributed by atoms with Crippen LogP contribution in [0.25, 0.3) is 0 Å². The van der Waals surface area contributed by atoms with Crippen molar-refractivity contribution < 1.29 is 4.74 Å². The second-order valence-electron chi connectivity index (χ2n) is 4.57. The number of aromatic nitrogens is 2. The van der Waals surface area contributed by atoms with Crippen LogP contribution in [0.15, 0.2) is 28.7 Å². The third-order valence-electron chi connectivity index (χ3n) is 3.08. The van der Waals surface area contributed by atoms with Gasteiger partial charge in [-0.05, 0) is 36.8 Å². The van der Waals surface area contributed by atoms with E-state index in [-0.39, 0.29) is 0 Å². The molecule has 1 aliphatic heterocycles. The highest BCUT2D eigenvalue weighted by molar-refractivity contribution is 9.10. The fraction of sp³-hybridized carbons (Fsp3) is 0.286. The van der Waals surface area contributed by atoms with Crippen LogP contribution >= 0.6 is 15.9 Å². The Morgan fingerprint density at radius 2 is 2.21 bits per heavy atom. The van der Waals surface area contributed by atoms with Gasteiger partial charge in [0.05, 0.1) is 12.3 Å². The maximum Gasteiger partial charge on any atom is 0.148 e.